The molecule has 0 spiro atoms. The second kappa shape index (κ2) is 13.9. The maximum absolute atomic E-state index is 13.1. The Morgan fingerprint density at radius 1 is 0.841 bits per heavy atom. The normalized spacial score (nSPS) is 18.2. The maximum Gasteiger partial charge on any atom is 0.298 e. The first kappa shape index (κ1) is 30.2. The number of rotatable bonds is 11. The summed E-state index contributed by atoms with van der Waals surface area (Å²) in [6, 6.07) is 21.4. The molecule has 10 heteroatoms. The highest BCUT2D eigenvalue weighted by molar-refractivity contribution is 8.19. The van der Waals surface area contributed by atoms with Crippen molar-refractivity contribution in [1.29, 1.82) is 0 Å². The average Bonchev–Trinajstić information content (AvgIpc) is 3.85. The van der Waals surface area contributed by atoms with E-state index in [1.54, 1.807) is 54.6 Å². The van der Waals surface area contributed by atoms with E-state index in [2.05, 4.69) is 4.90 Å². The zero-order valence-electron chi connectivity index (χ0n) is 24.3. The van der Waals surface area contributed by atoms with Gasteiger partial charge in [-0.05, 0) is 116 Å². The standard InChI is InChI=1S/C34H34ClN3O5S/c35-26-7-13-30(14-8-26)43-29-11-3-24(4-12-29)23-31-33(40)38(34(41)44-31)27-9-15-28(16-10-27)42-22-2-1-17-36-18-20-37(21-19-36)32(39)25-5-6-25/h3-4,7-16,23,25H,1-2,5-6,17-22H2. The zero-order valence-corrected chi connectivity index (χ0v) is 25.9. The predicted molar refractivity (Wildman–Crippen MR) is 173 cm³/mol. The monoisotopic (exact) mass is 631 g/mol. The fraction of sp³-hybridized carbons (Fsp3) is 0.324. The minimum absolute atomic E-state index is 0.301. The van der Waals surface area contributed by atoms with Gasteiger partial charge in [-0.2, -0.15) is 0 Å². The van der Waals surface area contributed by atoms with Crippen LogP contribution in [0.25, 0.3) is 6.08 Å². The highest BCUT2D eigenvalue weighted by atomic mass is 35.5. The summed E-state index contributed by atoms with van der Waals surface area (Å²) in [6.45, 7) is 5.15. The molecule has 0 bridgehead atoms. The molecule has 3 aliphatic rings. The summed E-state index contributed by atoms with van der Waals surface area (Å²) in [6.07, 6.45) is 5.78. The summed E-state index contributed by atoms with van der Waals surface area (Å²) in [5.41, 5.74) is 1.29. The summed E-state index contributed by atoms with van der Waals surface area (Å²) in [5, 5.41) is 0.299. The van der Waals surface area contributed by atoms with Crippen molar-refractivity contribution in [2.24, 2.45) is 5.92 Å². The molecular weight excluding hydrogens is 598 g/mol. The minimum atomic E-state index is -0.354. The number of ether oxygens (including phenoxy) is 2. The molecule has 0 aromatic heterocycles. The number of nitrogens with zero attached hydrogens (tertiary/aromatic N) is 3. The fourth-order valence-electron chi connectivity index (χ4n) is 5.21. The van der Waals surface area contributed by atoms with Gasteiger partial charge in [0.2, 0.25) is 5.91 Å². The van der Waals surface area contributed by atoms with Gasteiger partial charge in [0, 0.05) is 37.1 Å². The highest BCUT2D eigenvalue weighted by Gasteiger charge is 2.36. The molecule has 2 saturated heterocycles. The summed E-state index contributed by atoms with van der Waals surface area (Å²) < 4.78 is 11.7. The lowest BCUT2D eigenvalue weighted by molar-refractivity contribution is -0.134. The maximum atomic E-state index is 13.1. The zero-order chi connectivity index (χ0) is 30.5. The van der Waals surface area contributed by atoms with Gasteiger partial charge in [-0.25, -0.2) is 4.90 Å². The van der Waals surface area contributed by atoms with Gasteiger partial charge in [0.15, 0.2) is 0 Å². The number of benzene rings is 3. The molecule has 3 fully saturated rings. The largest absolute Gasteiger partial charge is 0.494 e. The molecule has 0 N–H and O–H groups in total. The summed E-state index contributed by atoms with van der Waals surface area (Å²) in [7, 11) is 0. The van der Waals surface area contributed by atoms with Crippen LogP contribution in [-0.2, 0) is 9.59 Å². The lowest BCUT2D eigenvalue weighted by Crippen LogP contribution is -2.49. The van der Waals surface area contributed by atoms with E-state index in [1.165, 1.54) is 4.90 Å². The Labute approximate surface area is 266 Å². The van der Waals surface area contributed by atoms with Gasteiger partial charge in [0.1, 0.15) is 17.2 Å². The molecule has 44 heavy (non-hydrogen) atoms. The van der Waals surface area contributed by atoms with Crippen LogP contribution in [0.4, 0.5) is 10.5 Å². The topological polar surface area (TPSA) is 79.4 Å². The van der Waals surface area contributed by atoms with E-state index in [0.717, 1.165) is 75.7 Å². The van der Waals surface area contributed by atoms with E-state index in [0.29, 0.717) is 51.3 Å². The number of imide groups is 1. The van der Waals surface area contributed by atoms with Crippen LogP contribution in [0.3, 0.4) is 0 Å². The van der Waals surface area contributed by atoms with Gasteiger partial charge in [0.25, 0.3) is 11.1 Å². The molecule has 3 aromatic carbocycles. The van der Waals surface area contributed by atoms with Gasteiger partial charge < -0.3 is 14.4 Å². The van der Waals surface area contributed by atoms with Crippen molar-refractivity contribution < 1.29 is 23.9 Å². The van der Waals surface area contributed by atoms with Gasteiger partial charge in [-0.3, -0.25) is 19.3 Å². The second-order valence-corrected chi connectivity index (χ2v) is 12.6. The number of anilines is 1. The number of hydrogen-bond donors (Lipinski definition) is 0. The SMILES string of the molecule is O=C(C1CC1)N1CCN(CCCCOc2ccc(N3C(=O)SC(=Cc4ccc(Oc5ccc(Cl)cc5)cc4)C3=O)cc2)CC1. The van der Waals surface area contributed by atoms with Crippen LogP contribution in [-0.4, -0.2) is 66.2 Å². The van der Waals surface area contributed by atoms with Crippen molar-refractivity contribution in [2.75, 3.05) is 44.2 Å². The fourth-order valence-corrected chi connectivity index (χ4v) is 6.18. The molecule has 3 amide bonds. The molecule has 3 aromatic rings. The van der Waals surface area contributed by atoms with E-state index >= 15 is 0 Å². The molecular formula is C34H34ClN3O5S. The molecule has 0 radical (unpaired) electrons. The lowest BCUT2D eigenvalue weighted by atomic mass is 10.2. The van der Waals surface area contributed by atoms with Gasteiger partial charge in [0.05, 0.1) is 17.2 Å². The molecule has 1 saturated carbocycles. The molecule has 1 aliphatic carbocycles. The van der Waals surface area contributed by atoms with Crippen LogP contribution >= 0.6 is 23.4 Å². The predicted octanol–water partition coefficient (Wildman–Crippen LogP) is 7.09. The molecule has 2 heterocycles. The van der Waals surface area contributed by atoms with Crippen molar-refractivity contribution in [1.82, 2.24) is 9.80 Å². The van der Waals surface area contributed by atoms with Gasteiger partial charge in [-0.1, -0.05) is 23.7 Å². The van der Waals surface area contributed by atoms with Crippen molar-refractivity contribution in [3.05, 3.63) is 88.3 Å². The van der Waals surface area contributed by atoms with Crippen molar-refractivity contribution in [2.45, 2.75) is 25.7 Å². The Balaban J connectivity index is 0.942. The lowest BCUT2D eigenvalue weighted by Gasteiger charge is -2.34. The second-order valence-electron chi connectivity index (χ2n) is 11.1. The van der Waals surface area contributed by atoms with Crippen LogP contribution in [0.2, 0.25) is 5.02 Å². The summed E-state index contributed by atoms with van der Waals surface area (Å²) in [5.74, 6) is 2.31. The van der Waals surface area contributed by atoms with E-state index in [-0.39, 0.29) is 11.1 Å². The first-order valence-electron chi connectivity index (χ1n) is 15.0. The molecule has 8 nitrogen and oxygen atoms in total. The third kappa shape index (κ3) is 7.64. The Kier molecular flexibility index (Phi) is 9.54. The highest BCUT2D eigenvalue weighted by Crippen LogP contribution is 2.36. The number of thioether (sulfide) groups is 1. The van der Waals surface area contributed by atoms with Crippen molar-refractivity contribution in [3.8, 4) is 17.2 Å². The number of halogens is 1. The number of carbonyl (C=O) groups is 3. The number of hydrogen-bond acceptors (Lipinski definition) is 7. The van der Waals surface area contributed by atoms with Gasteiger partial charge >= 0.3 is 0 Å². The van der Waals surface area contributed by atoms with Crippen LogP contribution in [0.5, 0.6) is 17.2 Å². The van der Waals surface area contributed by atoms with E-state index in [4.69, 9.17) is 21.1 Å². The quantitative estimate of drug-likeness (QED) is 0.165. The molecule has 0 atom stereocenters. The van der Waals surface area contributed by atoms with E-state index < -0.39 is 0 Å². The van der Waals surface area contributed by atoms with E-state index in [9.17, 15) is 14.4 Å². The number of piperazine rings is 1. The number of unbranched alkanes of at least 4 members (excludes halogenated alkanes) is 1. The Hall–Kier alpha value is -3.79. The van der Waals surface area contributed by atoms with Crippen molar-refractivity contribution in [3.63, 3.8) is 0 Å². The third-order valence-corrected chi connectivity index (χ3v) is 8.99. The van der Waals surface area contributed by atoms with Crippen LogP contribution in [0, 0.1) is 5.92 Å². The summed E-state index contributed by atoms with van der Waals surface area (Å²) in [4.78, 5) is 44.1. The smallest absolute Gasteiger partial charge is 0.298 e. The minimum Gasteiger partial charge on any atom is -0.494 e. The molecule has 228 valence electrons. The van der Waals surface area contributed by atoms with Gasteiger partial charge in [-0.15, -0.1) is 0 Å². The third-order valence-electron chi connectivity index (χ3n) is 7.86. The van der Waals surface area contributed by atoms with Crippen LogP contribution in [0.1, 0.15) is 31.2 Å². The number of amides is 3. The van der Waals surface area contributed by atoms with E-state index in [1.807, 2.05) is 29.2 Å². The Bertz CT molecular complexity index is 1520. The first-order valence-corrected chi connectivity index (χ1v) is 16.2. The molecule has 0 unspecified atom stereocenters. The Morgan fingerprint density at radius 3 is 2.14 bits per heavy atom. The van der Waals surface area contributed by atoms with Crippen molar-refractivity contribution >= 4 is 52.2 Å². The number of carbonyl (C=O) groups excluding carboxylic acids is 3. The average molecular weight is 632 g/mol. The first-order chi connectivity index (χ1) is 21.4. The van der Waals surface area contributed by atoms with Crippen LogP contribution in [0.15, 0.2) is 77.7 Å². The molecule has 6 rings (SSSR count). The molecule has 2 aliphatic heterocycles. The Morgan fingerprint density at radius 2 is 1.48 bits per heavy atom. The summed E-state index contributed by atoms with van der Waals surface area (Å²) >= 11 is 6.85. The van der Waals surface area contributed by atoms with Crippen LogP contribution < -0.4 is 14.4 Å².